The molecule has 1 aromatic rings. The molecule has 0 heterocycles. The van der Waals surface area contributed by atoms with Gasteiger partial charge >= 0.3 is 0 Å². The number of hydrogen-bond acceptors (Lipinski definition) is 1. The largest absolute Gasteiger partial charge is 0.543 e. The molecular formula is C16H24OSi. The van der Waals surface area contributed by atoms with Gasteiger partial charge in [0.2, 0.25) is 8.32 Å². The Labute approximate surface area is 112 Å². The van der Waals surface area contributed by atoms with Gasteiger partial charge in [0.05, 0.1) is 0 Å². The van der Waals surface area contributed by atoms with Crippen LogP contribution in [0.25, 0.3) is 5.76 Å². The predicted molar refractivity (Wildman–Crippen MR) is 81.1 cm³/mol. The lowest BCUT2D eigenvalue weighted by Gasteiger charge is -2.37. The lowest BCUT2D eigenvalue weighted by molar-refractivity contribution is 0.458. The van der Waals surface area contributed by atoms with E-state index in [4.69, 9.17) is 4.43 Å². The summed E-state index contributed by atoms with van der Waals surface area (Å²) < 4.78 is 6.44. The molecule has 0 aliphatic heterocycles. The molecule has 2 heteroatoms. The summed E-state index contributed by atoms with van der Waals surface area (Å²) in [4.78, 5) is 0. The number of aryl methyl sites for hydroxylation is 1. The third-order valence-electron chi connectivity index (χ3n) is 4.21. The summed E-state index contributed by atoms with van der Waals surface area (Å²) in [5.41, 5.74) is 4.01. The van der Waals surface area contributed by atoms with E-state index >= 15 is 0 Å². The number of hydrogen-bond donors (Lipinski definition) is 0. The van der Waals surface area contributed by atoms with E-state index in [-0.39, 0.29) is 5.04 Å². The van der Waals surface area contributed by atoms with Crippen LogP contribution in [-0.4, -0.2) is 8.32 Å². The topological polar surface area (TPSA) is 9.23 Å². The van der Waals surface area contributed by atoms with E-state index in [0.717, 1.165) is 12.2 Å². The maximum absolute atomic E-state index is 6.44. The Bertz CT molecular complexity index is 492. The van der Waals surface area contributed by atoms with Crippen LogP contribution in [0.5, 0.6) is 0 Å². The van der Waals surface area contributed by atoms with Crippen LogP contribution in [0.2, 0.25) is 18.1 Å². The quantitative estimate of drug-likeness (QED) is 0.686. The third kappa shape index (κ3) is 2.39. The number of benzene rings is 1. The molecule has 0 saturated heterocycles. The fraction of sp³-hybridized carbons (Fsp3) is 0.500. The second-order valence-electron chi connectivity index (χ2n) is 6.80. The Balaban J connectivity index is 2.27. The van der Waals surface area contributed by atoms with E-state index in [9.17, 15) is 0 Å². The number of fused-ring (bicyclic) bond motifs is 1. The van der Waals surface area contributed by atoms with Gasteiger partial charge in [0, 0.05) is 5.56 Å². The molecule has 2 rings (SSSR count). The molecule has 0 N–H and O–H groups in total. The van der Waals surface area contributed by atoms with Crippen LogP contribution in [0, 0.1) is 6.92 Å². The Morgan fingerprint density at radius 2 is 1.83 bits per heavy atom. The normalized spacial score (nSPS) is 15.3. The van der Waals surface area contributed by atoms with Gasteiger partial charge in [-0.05, 0) is 49.2 Å². The highest BCUT2D eigenvalue weighted by Crippen LogP contribution is 2.41. The Kier molecular flexibility index (Phi) is 3.18. The summed E-state index contributed by atoms with van der Waals surface area (Å²) in [6.07, 6.45) is 3.25. The molecule has 0 spiro atoms. The van der Waals surface area contributed by atoms with Crippen molar-refractivity contribution in [2.75, 3.05) is 0 Å². The molecule has 0 aromatic heterocycles. The molecule has 0 radical (unpaired) electrons. The van der Waals surface area contributed by atoms with E-state index in [1.807, 2.05) is 0 Å². The smallest absolute Gasteiger partial charge is 0.250 e. The summed E-state index contributed by atoms with van der Waals surface area (Å²) in [5, 5.41) is 0.250. The highest BCUT2D eigenvalue weighted by Gasteiger charge is 2.40. The Morgan fingerprint density at radius 3 is 2.44 bits per heavy atom. The second kappa shape index (κ2) is 4.27. The SMILES string of the molecule is Cc1ccc2c(c1)C(O[Si](C)(C)C(C)(C)C)=CC2. The van der Waals surface area contributed by atoms with Crippen LogP contribution in [-0.2, 0) is 10.8 Å². The fourth-order valence-electron chi connectivity index (χ4n) is 1.93. The van der Waals surface area contributed by atoms with Crippen molar-refractivity contribution in [2.45, 2.75) is 52.2 Å². The standard InChI is InChI=1S/C16H24OSi/c1-12-7-8-13-9-10-15(14(13)11-12)17-18(5,6)16(2,3)4/h7-8,10-11H,9H2,1-6H3. The lowest BCUT2D eigenvalue weighted by atomic mass is 10.1. The lowest BCUT2D eigenvalue weighted by Crippen LogP contribution is -2.40. The minimum Gasteiger partial charge on any atom is -0.543 e. The molecule has 0 saturated carbocycles. The third-order valence-corrected chi connectivity index (χ3v) is 8.55. The fourth-order valence-corrected chi connectivity index (χ4v) is 2.98. The van der Waals surface area contributed by atoms with E-state index in [2.05, 4.69) is 65.1 Å². The second-order valence-corrected chi connectivity index (χ2v) is 11.5. The van der Waals surface area contributed by atoms with Crippen molar-refractivity contribution in [2.24, 2.45) is 0 Å². The molecule has 1 aromatic carbocycles. The van der Waals surface area contributed by atoms with E-state index in [1.54, 1.807) is 0 Å². The molecule has 1 aliphatic rings. The van der Waals surface area contributed by atoms with Crippen molar-refractivity contribution < 1.29 is 4.43 Å². The first-order valence-corrected chi connectivity index (χ1v) is 9.61. The molecule has 1 nitrogen and oxygen atoms in total. The van der Waals surface area contributed by atoms with E-state index in [0.29, 0.717) is 0 Å². The molecule has 1 aliphatic carbocycles. The highest BCUT2D eigenvalue weighted by molar-refractivity contribution is 6.74. The monoisotopic (exact) mass is 260 g/mol. The predicted octanol–water partition coefficient (Wildman–Crippen LogP) is 4.91. The van der Waals surface area contributed by atoms with Crippen LogP contribution in [0.15, 0.2) is 24.3 Å². The summed E-state index contributed by atoms with van der Waals surface area (Å²) in [5.74, 6) is 1.11. The molecule has 0 amide bonds. The zero-order valence-corrected chi connectivity index (χ0v) is 13.4. The molecule has 98 valence electrons. The first-order chi connectivity index (χ1) is 8.21. The zero-order chi connectivity index (χ0) is 13.6. The van der Waals surface area contributed by atoms with Gasteiger partial charge in [-0.3, -0.25) is 0 Å². The van der Waals surface area contributed by atoms with Gasteiger partial charge < -0.3 is 4.43 Å². The summed E-state index contributed by atoms with van der Waals surface area (Å²) in [6.45, 7) is 13.6. The van der Waals surface area contributed by atoms with Gasteiger partial charge in [-0.1, -0.05) is 38.5 Å². The van der Waals surface area contributed by atoms with Crippen LogP contribution >= 0.6 is 0 Å². The minimum absolute atomic E-state index is 0.250. The van der Waals surface area contributed by atoms with Gasteiger partial charge in [0.15, 0.2) is 0 Å². The molecule has 0 unspecified atom stereocenters. The number of rotatable bonds is 2. The average molecular weight is 260 g/mol. The van der Waals surface area contributed by atoms with E-state index in [1.165, 1.54) is 16.7 Å². The number of allylic oxidation sites excluding steroid dienone is 1. The molecule has 0 bridgehead atoms. The van der Waals surface area contributed by atoms with Gasteiger partial charge in [-0.25, -0.2) is 0 Å². The van der Waals surface area contributed by atoms with Crippen LogP contribution < -0.4 is 0 Å². The van der Waals surface area contributed by atoms with Crippen LogP contribution in [0.3, 0.4) is 0 Å². The average Bonchev–Trinajstić information content (AvgIpc) is 2.59. The van der Waals surface area contributed by atoms with E-state index < -0.39 is 8.32 Å². The van der Waals surface area contributed by atoms with Gasteiger partial charge in [-0.2, -0.15) is 0 Å². The van der Waals surface area contributed by atoms with Gasteiger partial charge in [0.25, 0.3) is 0 Å². The van der Waals surface area contributed by atoms with Crippen LogP contribution in [0.1, 0.15) is 37.5 Å². The molecule has 0 atom stereocenters. The molecular weight excluding hydrogens is 236 g/mol. The maximum Gasteiger partial charge on any atom is 0.250 e. The molecule has 0 fully saturated rings. The summed E-state index contributed by atoms with van der Waals surface area (Å²) >= 11 is 0. The zero-order valence-electron chi connectivity index (χ0n) is 12.4. The summed E-state index contributed by atoms with van der Waals surface area (Å²) in [6, 6.07) is 6.66. The van der Waals surface area contributed by atoms with Crippen molar-refractivity contribution in [3.8, 4) is 0 Å². The Morgan fingerprint density at radius 1 is 1.17 bits per heavy atom. The van der Waals surface area contributed by atoms with Crippen molar-refractivity contribution in [1.82, 2.24) is 0 Å². The van der Waals surface area contributed by atoms with Crippen molar-refractivity contribution in [3.63, 3.8) is 0 Å². The highest BCUT2D eigenvalue weighted by atomic mass is 28.4. The summed E-state index contributed by atoms with van der Waals surface area (Å²) in [7, 11) is -1.72. The van der Waals surface area contributed by atoms with Crippen LogP contribution in [0.4, 0.5) is 0 Å². The van der Waals surface area contributed by atoms with Crippen molar-refractivity contribution in [3.05, 3.63) is 41.0 Å². The first-order valence-electron chi connectivity index (χ1n) is 6.70. The van der Waals surface area contributed by atoms with Crippen molar-refractivity contribution in [1.29, 1.82) is 0 Å². The van der Waals surface area contributed by atoms with Gasteiger partial charge in [0.1, 0.15) is 5.76 Å². The maximum atomic E-state index is 6.44. The molecule has 18 heavy (non-hydrogen) atoms. The minimum atomic E-state index is -1.72. The van der Waals surface area contributed by atoms with Gasteiger partial charge in [-0.15, -0.1) is 0 Å². The first kappa shape index (κ1) is 13.4. The Hall–Kier alpha value is -1.02. The van der Waals surface area contributed by atoms with Crippen molar-refractivity contribution >= 4 is 14.1 Å².